The quantitative estimate of drug-likeness (QED) is 0.836. The molecule has 5 nitrogen and oxygen atoms in total. The average Bonchev–Trinajstić information content (AvgIpc) is 3.01. The fraction of sp³-hybridized carbons (Fsp3) is 0.588. The van der Waals surface area contributed by atoms with Gasteiger partial charge >= 0.3 is 0 Å². The molecule has 0 saturated carbocycles. The van der Waals surface area contributed by atoms with Crippen molar-refractivity contribution in [2.75, 3.05) is 26.7 Å². The minimum Gasteiger partial charge on any atom is -0.507 e. The average molecular weight is 341 g/mol. The third kappa shape index (κ3) is 3.72. The third-order valence-electron chi connectivity index (χ3n) is 4.50. The Bertz CT molecular complexity index is 577. The van der Waals surface area contributed by atoms with Gasteiger partial charge in [0.25, 0.3) is 5.91 Å². The second kappa shape index (κ2) is 7.88. The fourth-order valence-electron chi connectivity index (χ4n) is 3.20. The number of aryl methyl sites for hydroxylation is 1. The van der Waals surface area contributed by atoms with Crippen molar-refractivity contribution in [1.29, 1.82) is 0 Å². The van der Waals surface area contributed by atoms with Crippen molar-refractivity contribution >= 4 is 17.5 Å². The van der Waals surface area contributed by atoms with Gasteiger partial charge in [0.15, 0.2) is 5.75 Å². The molecule has 1 aromatic rings. The van der Waals surface area contributed by atoms with Gasteiger partial charge in [-0.3, -0.25) is 9.69 Å². The van der Waals surface area contributed by atoms with Gasteiger partial charge in [-0.25, -0.2) is 0 Å². The predicted octanol–water partition coefficient (Wildman–Crippen LogP) is 2.83. The third-order valence-corrected chi connectivity index (χ3v) is 4.78. The summed E-state index contributed by atoms with van der Waals surface area (Å²) in [5, 5.41) is 13.6. The van der Waals surface area contributed by atoms with E-state index in [1.165, 1.54) is 7.11 Å². The van der Waals surface area contributed by atoms with Crippen LogP contribution in [0.3, 0.4) is 0 Å². The molecule has 2 N–H and O–H groups in total. The van der Waals surface area contributed by atoms with Crippen LogP contribution >= 0.6 is 11.6 Å². The van der Waals surface area contributed by atoms with E-state index < -0.39 is 0 Å². The van der Waals surface area contributed by atoms with Gasteiger partial charge in [-0.05, 0) is 44.0 Å². The van der Waals surface area contributed by atoms with Crippen LogP contribution < -0.4 is 10.1 Å². The predicted molar refractivity (Wildman–Crippen MR) is 91.6 cm³/mol. The summed E-state index contributed by atoms with van der Waals surface area (Å²) in [6.07, 6.45) is 2.81. The van der Waals surface area contributed by atoms with E-state index in [9.17, 15) is 9.90 Å². The molecule has 2 rings (SSSR count). The number of rotatable bonds is 6. The lowest BCUT2D eigenvalue weighted by Crippen LogP contribution is -2.40. The number of nitrogens with one attached hydrogen (secondary N) is 1. The van der Waals surface area contributed by atoms with Gasteiger partial charge in [0.2, 0.25) is 0 Å². The van der Waals surface area contributed by atoms with Gasteiger partial charge in [-0.2, -0.15) is 0 Å². The van der Waals surface area contributed by atoms with Crippen LogP contribution in [-0.2, 0) is 6.42 Å². The summed E-state index contributed by atoms with van der Waals surface area (Å²) < 4.78 is 5.23. The SMILES string of the molecule is CCc1cc(Cl)c(OC)c(C(=O)NCC2CCCN2CC)c1O. The molecule has 6 heteroatoms. The Morgan fingerprint density at radius 2 is 2.26 bits per heavy atom. The van der Waals surface area contributed by atoms with Crippen LogP contribution in [0.15, 0.2) is 6.07 Å². The Balaban J connectivity index is 2.19. The summed E-state index contributed by atoms with van der Waals surface area (Å²) in [4.78, 5) is 14.9. The summed E-state index contributed by atoms with van der Waals surface area (Å²) in [5.41, 5.74) is 0.759. The number of hydrogen-bond acceptors (Lipinski definition) is 4. The van der Waals surface area contributed by atoms with Crippen molar-refractivity contribution in [1.82, 2.24) is 10.2 Å². The first-order chi connectivity index (χ1) is 11.0. The van der Waals surface area contributed by atoms with Gasteiger partial charge in [0.05, 0.1) is 12.1 Å². The van der Waals surface area contributed by atoms with Crippen molar-refractivity contribution in [3.63, 3.8) is 0 Å². The normalized spacial score (nSPS) is 18.2. The molecule has 1 heterocycles. The lowest BCUT2D eigenvalue weighted by atomic mass is 10.0. The summed E-state index contributed by atoms with van der Waals surface area (Å²) in [6, 6.07) is 1.99. The Labute approximate surface area is 142 Å². The van der Waals surface area contributed by atoms with Crippen molar-refractivity contribution in [3.05, 3.63) is 22.2 Å². The second-order valence-corrected chi connectivity index (χ2v) is 6.17. The number of phenolic OH excluding ortho intramolecular Hbond substituents is 1. The first-order valence-electron chi connectivity index (χ1n) is 8.13. The van der Waals surface area contributed by atoms with E-state index in [1.54, 1.807) is 6.07 Å². The number of likely N-dealkylation sites (N-methyl/N-ethyl adjacent to an activating group) is 1. The number of carbonyl (C=O) groups excluding carboxylic acids is 1. The van der Waals surface area contributed by atoms with Gasteiger partial charge < -0.3 is 15.2 Å². The number of aromatic hydroxyl groups is 1. The smallest absolute Gasteiger partial charge is 0.258 e. The number of methoxy groups -OCH3 is 1. The number of benzene rings is 1. The van der Waals surface area contributed by atoms with E-state index in [2.05, 4.69) is 17.1 Å². The van der Waals surface area contributed by atoms with E-state index in [1.807, 2.05) is 6.92 Å². The molecule has 1 atom stereocenters. The van der Waals surface area contributed by atoms with Crippen molar-refractivity contribution in [2.45, 2.75) is 39.2 Å². The molecule has 1 unspecified atom stereocenters. The van der Waals surface area contributed by atoms with Crippen LogP contribution in [0.1, 0.15) is 42.6 Å². The van der Waals surface area contributed by atoms with Crippen LogP contribution in [0.25, 0.3) is 0 Å². The van der Waals surface area contributed by atoms with Gasteiger partial charge in [0.1, 0.15) is 11.3 Å². The van der Waals surface area contributed by atoms with Gasteiger partial charge in [-0.15, -0.1) is 0 Å². The maximum absolute atomic E-state index is 12.6. The first-order valence-corrected chi connectivity index (χ1v) is 8.51. The number of hydrogen-bond donors (Lipinski definition) is 2. The Morgan fingerprint density at radius 1 is 1.52 bits per heavy atom. The molecule has 0 bridgehead atoms. The zero-order valence-corrected chi connectivity index (χ0v) is 14.7. The Morgan fingerprint density at radius 3 is 2.87 bits per heavy atom. The van der Waals surface area contributed by atoms with E-state index in [-0.39, 0.29) is 23.0 Å². The molecular formula is C17H25ClN2O3. The van der Waals surface area contributed by atoms with Gasteiger partial charge in [-0.1, -0.05) is 25.4 Å². The van der Waals surface area contributed by atoms with E-state index in [0.717, 1.165) is 25.9 Å². The minimum absolute atomic E-state index is 0.0509. The number of phenols is 1. The molecular weight excluding hydrogens is 316 g/mol. The standard InChI is InChI=1S/C17H25ClN2O3/c1-4-11-9-13(18)16(23-3)14(15(11)21)17(22)19-10-12-7-6-8-20(12)5-2/h9,12,21H,4-8,10H2,1-3H3,(H,19,22). The maximum atomic E-state index is 12.6. The lowest BCUT2D eigenvalue weighted by molar-refractivity contribution is 0.0935. The highest BCUT2D eigenvalue weighted by atomic mass is 35.5. The van der Waals surface area contributed by atoms with Crippen molar-refractivity contribution < 1.29 is 14.6 Å². The number of halogens is 1. The van der Waals surface area contributed by atoms with Crippen LogP contribution in [0.2, 0.25) is 5.02 Å². The number of nitrogens with zero attached hydrogens (tertiary/aromatic N) is 1. The largest absolute Gasteiger partial charge is 0.507 e. The van der Waals surface area contributed by atoms with Gasteiger partial charge in [0, 0.05) is 12.6 Å². The number of likely N-dealkylation sites (tertiary alicyclic amines) is 1. The number of ether oxygens (including phenoxy) is 1. The van der Waals surface area contributed by atoms with E-state index in [0.29, 0.717) is 29.6 Å². The van der Waals surface area contributed by atoms with Crippen LogP contribution in [-0.4, -0.2) is 48.7 Å². The summed E-state index contributed by atoms with van der Waals surface area (Å²) in [7, 11) is 1.44. The molecule has 0 aromatic heterocycles. The second-order valence-electron chi connectivity index (χ2n) is 5.76. The molecule has 1 aromatic carbocycles. The number of carbonyl (C=O) groups is 1. The summed E-state index contributed by atoms with van der Waals surface area (Å²) in [6.45, 7) is 6.63. The zero-order valence-electron chi connectivity index (χ0n) is 14.0. The maximum Gasteiger partial charge on any atom is 0.258 e. The first kappa shape index (κ1) is 17.9. The Hall–Kier alpha value is -1.46. The lowest BCUT2D eigenvalue weighted by Gasteiger charge is -2.23. The molecule has 1 amide bonds. The highest BCUT2D eigenvalue weighted by Gasteiger charge is 2.26. The van der Waals surface area contributed by atoms with Crippen LogP contribution in [0, 0.1) is 0 Å². The molecule has 0 radical (unpaired) electrons. The van der Waals surface area contributed by atoms with Crippen molar-refractivity contribution in [3.8, 4) is 11.5 Å². The molecule has 1 aliphatic heterocycles. The van der Waals surface area contributed by atoms with Crippen molar-refractivity contribution in [2.24, 2.45) is 0 Å². The van der Waals surface area contributed by atoms with E-state index >= 15 is 0 Å². The fourth-order valence-corrected chi connectivity index (χ4v) is 3.50. The Kier molecular flexibility index (Phi) is 6.13. The minimum atomic E-state index is -0.348. The van der Waals surface area contributed by atoms with E-state index in [4.69, 9.17) is 16.3 Å². The topological polar surface area (TPSA) is 61.8 Å². The molecule has 1 aliphatic rings. The highest BCUT2D eigenvalue weighted by Crippen LogP contribution is 2.38. The molecule has 1 saturated heterocycles. The highest BCUT2D eigenvalue weighted by molar-refractivity contribution is 6.33. The van der Waals surface area contributed by atoms with Crippen LogP contribution in [0.5, 0.6) is 11.5 Å². The molecule has 1 fully saturated rings. The zero-order chi connectivity index (χ0) is 17.0. The molecule has 0 spiro atoms. The summed E-state index contributed by atoms with van der Waals surface area (Å²) >= 11 is 6.18. The molecule has 128 valence electrons. The van der Waals surface area contributed by atoms with Crippen LogP contribution in [0.4, 0.5) is 0 Å². The summed E-state index contributed by atoms with van der Waals surface area (Å²) in [5.74, 6) is -0.179. The monoisotopic (exact) mass is 340 g/mol. The molecule has 0 aliphatic carbocycles. The molecule has 23 heavy (non-hydrogen) atoms. The number of amides is 1.